The van der Waals surface area contributed by atoms with Crippen LogP contribution in [0.2, 0.25) is 0 Å². The van der Waals surface area contributed by atoms with Gasteiger partial charge in [0.1, 0.15) is 0 Å². The number of hydrogen-bond donors (Lipinski definition) is 2. The predicted molar refractivity (Wildman–Crippen MR) is 106 cm³/mol. The van der Waals surface area contributed by atoms with Gasteiger partial charge in [-0.05, 0) is 43.3 Å². The molecule has 8 heteroatoms. The van der Waals surface area contributed by atoms with Gasteiger partial charge in [-0.1, -0.05) is 24.0 Å². The zero-order valence-corrected chi connectivity index (χ0v) is 16.0. The quantitative estimate of drug-likeness (QED) is 0.594. The van der Waals surface area contributed by atoms with Crippen LogP contribution in [-0.2, 0) is 10.0 Å². The average molecular weight is 397 g/mol. The fraction of sp³-hybridized carbons (Fsp3) is 0.200. The Morgan fingerprint density at radius 2 is 1.96 bits per heavy atom. The van der Waals surface area contributed by atoms with Gasteiger partial charge in [-0.25, -0.2) is 13.2 Å². The topological polar surface area (TPSA) is 95.6 Å². The first kappa shape index (κ1) is 19.6. The summed E-state index contributed by atoms with van der Waals surface area (Å²) in [4.78, 5) is 24.7. The highest BCUT2D eigenvalue weighted by molar-refractivity contribution is 7.89. The van der Waals surface area contributed by atoms with Gasteiger partial charge < -0.3 is 5.32 Å². The summed E-state index contributed by atoms with van der Waals surface area (Å²) in [6.45, 7) is 2.56. The maximum absolute atomic E-state index is 12.3. The lowest BCUT2D eigenvalue weighted by molar-refractivity contribution is 0.101. The molecule has 0 unspecified atom stereocenters. The van der Waals surface area contributed by atoms with Crippen molar-refractivity contribution in [1.29, 1.82) is 0 Å². The van der Waals surface area contributed by atoms with Gasteiger partial charge >= 0.3 is 6.03 Å². The number of anilines is 1. The molecule has 2 amide bonds. The van der Waals surface area contributed by atoms with Crippen molar-refractivity contribution in [3.63, 3.8) is 0 Å². The molecule has 2 aromatic rings. The molecular formula is C20H19N3O4S. The standard InChI is InChI=1S/C20H19N3O4S/c1-15(24)17-5-2-6-19(14-17)28(26,27)22-11-3-4-16-7-9-18(10-8-16)23-13-12-21-20(23)25/h2,5-10,14,22H,11-13H2,1H3,(H,21,25). The number of carbonyl (C=O) groups excluding carboxylic acids is 2. The van der Waals surface area contributed by atoms with E-state index in [0.717, 1.165) is 5.69 Å². The molecule has 0 aliphatic carbocycles. The van der Waals surface area contributed by atoms with Crippen LogP contribution in [0.5, 0.6) is 0 Å². The summed E-state index contributed by atoms with van der Waals surface area (Å²) >= 11 is 0. The number of nitrogens with zero attached hydrogens (tertiary/aromatic N) is 1. The van der Waals surface area contributed by atoms with E-state index < -0.39 is 10.0 Å². The summed E-state index contributed by atoms with van der Waals surface area (Å²) in [7, 11) is -3.75. The van der Waals surface area contributed by atoms with Crippen molar-refractivity contribution in [1.82, 2.24) is 10.0 Å². The molecule has 0 saturated carbocycles. The van der Waals surface area contributed by atoms with Crippen LogP contribution in [-0.4, -0.2) is 39.9 Å². The molecule has 1 saturated heterocycles. The normalized spacial score (nSPS) is 13.6. The highest BCUT2D eigenvalue weighted by atomic mass is 32.2. The van der Waals surface area contributed by atoms with Crippen molar-refractivity contribution in [2.45, 2.75) is 11.8 Å². The molecule has 1 aliphatic rings. The van der Waals surface area contributed by atoms with E-state index in [-0.39, 0.29) is 23.3 Å². The minimum atomic E-state index is -3.75. The van der Waals surface area contributed by atoms with Crippen LogP contribution < -0.4 is 14.9 Å². The van der Waals surface area contributed by atoms with Gasteiger partial charge in [-0.15, -0.1) is 0 Å². The van der Waals surface area contributed by atoms with Crippen molar-refractivity contribution < 1.29 is 18.0 Å². The summed E-state index contributed by atoms with van der Waals surface area (Å²) in [5, 5.41) is 2.74. The van der Waals surface area contributed by atoms with Crippen LogP contribution in [0.4, 0.5) is 10.5 Å². The minimum absolute atomic E-state index is 0.0234. The Labute approximate surface area is 163 Å². The second kappa shape index (κ2) is 8.25. The number of amides is 2. The molecule has 3 rings (SSSR count). The summed E-state index contributed by atoms with van der Waals surface area (Å²) in [6.07, 6.45) is 0. The van der Waals surface area contributed by atoms with Crippen LogP contribution in [0, 0.1) is 11.8 Å². The number of benzene rings is 2. The van der Waals surface area contributed by atoms with Gasteiger partial charge in [0.15, 0.2) is 5.78 Å². The van der Waals surface area contributed by atoms with Crippen molar-refractivity contribution in [2.24, 2.45) is 0 Å². The lowest BCUT2D eigenvalue weighted by atomic mass is 10.2. The highest BCUT2D eigenvalue weighted by Gasteiger charge is 2.20. The van der Waals surface area contributed by atoms with E-state index in [9.17, 15) is 18.0 Å². The first-order valence-electron chi connectivity index (χ1n) is 8.62. The van der Waals surface area contributed by atoms with Gasteiger partial charge in [0.2, 0.25) is 10.0 Å². The molecule has 144 valence electrons. The molecule has 28 heavy (non-hydrogen) atoms. The van der Waals surface area contributed by atoms with Gasteiger partial charge in [0, 0.05) is 29.9 Å². The van der Waals surface area contributed by atoms with E-state index in [2.05, 4.69) is 21.9 Å². The first-order chi connectivity index (χ1) is 13.4. The fourth-order valence-electron chi connectivity index (χ4n) is 2.69. The Bertz CT molecular complexity index is 1070. The smallest absolute Gasteiger partial charge is 0.321 e. The Morgan fingerprint density at radius 1 is 1.21 bits per heavy atom. The number of nitrogens with one attached hydrogen (secondary N) is 2. The number of rotatable bonds is 5. The van der Waals surface area contributed by atoms with Gasteiger partial charge in [0.05, 0.1) is 11.4 Å². The number of urea groups is 1. The molecule has 0 aromatic heterocycles. The number of sulfonamides is 1. The Kier molecular flexibility index (Phi) is 5.78. The Balaban J connectivity index is 1.62. The molecule has 1 fully saturated rings. The molecule has 0 radical (unpaired) electrons. The second-order valence-corrected chi connectivity index (χ2v) is 7.91. The second-order valence-electron chi connectivity index (χ2n) is 6.14. The summed E-state index contributed by atoms with van der Waals surface area (Å²) in [6, 6.07) is 12.9. The molecule has 1 aliphatic heterocycles. The summed E-state index contributed by atoms with van der Waals surface area (Å²) in [5.74, 6) is 5.44. The van der Waals surface area contributed by atoms with Crippen molar-refractivity contribution in [3.05, 3.63) is 59.7 Å². The van der Waals surface area contributed by atoms with E-state index >= 15 is 0 Å². The predicted octanol–water partition coefficient (Wildman–Crippen LogP) is 1.75. The largest absolute Gasteiger partial charge is 0.336 e. The van der Waals surface area contributed by atoms with E-state index in [1.807, 2.05) is 0 Å². The van der Waals surface area contributed by atoms with E-state index in [4.69, 9.17) is 0 Å². The average Bonchev–Trinajstić information content (AvgIpc) is 3.12. The first-order valence-corrected chi connectivity index (χ1v) is 10.1. The number of ketones is 1. The van der Waals surface area contributed by atoms with Crippen LogP contribution >= 0.6 is 0 Å². The van der Waals surface area contributed by atoms with Crippen LogP contribution in [0.25, 0.3) is 0 Å². The maximum Gasteiger partial charge on any atom is 0.321 e. The van der Waals surface area contributed by atoms with Gasteiger partial charge in [-0.3, -0.25) is 9.69 Å². The molecule has 0 atom stereocenters. The SMILES string of the molecule is CC(=O)c1cccc(S(=O)(=O)NCC#Cc2ccc(N3CCNC3=O)cc2)c1. The Morgan fingerprint density at radius 3 is 2.61 bits per heavy atom. The van der Waals surface area contributed by atoms with E-state index in [0.29, 0.717) is 24.2 Å². The number of Topliss-reactive ketones (excluding diaryl/α,β-unsaturated/α-hetero) is 1. The monoisotopic (exact) mass is 397 g/mol. The lowest BCUT2D eigenvalue weighted by Gasteiger charge is -2.13. The third-order valence-electron chi connectivity index (χ3n) is 4.17. The molecule has 0 spiro atoms. The molecule has 2 aromatic carbocycles. The summed E-state index contributed by atoms with van der Waals surface area (Å²) < 4.78 is 27.0. The van der Waals surface area contributed by atoms with Crippen LogP contribution in [0.15, 0.2) is 53.4 Å². The van der Waals surface area contributed by atoms with Crippen LogP contribution in [0.3, 0.4) is 0 Å². The lowest BCUT2D eigenvalue weighted by Crippen LogP contribution is -2.27. The van der Waals surface area contributed by atoms with Crippen LogP contribution in [0.1, 0.15) is 22.8 Å². The van der Waals surface area contributed by atoms with Crippen molar-refractivity contribution in [3.8, 4) is 11.8 Å². The van der Waals surface area contributed by atoms with Crippen molar-refractivity contribution >= 4 is 27.5 Å². The third-order valence-corrected chi connectivity index (χ3v) is 5.57. The fourth-order valence-corrected chi connectivity index (χ4v) is 3.65. The van der Waals surface area contributed by atoms with Crippen molar-refractivity contribution in [2.75, 3.05) is 24.5 Å². The molecule has 1 heterocycles. The minimum Gasteiger partial charge on any atom is -0.336 e. The van der Waals surface area contributed by atoms with Gasteiger partial charge in [-0.2, -0.15) is 4.72 Å². The molecular weight excluding hydrogens is 378 g/mol. The third kappa shape index (κ3) is 4.57. The maximum atomic E-state index is 12.3. The zero-order chi connectivity index (χ0) is 20.1. The van der Waals surface area contributed by atoms with Gasteiger partial charge in [0.25, 0.3) is 0 Å². The molecule has 7 nitrogen and oxygen atoms in total. The molecule has 0 bridgehead atoms. The van der Waals surface area contributed by atoms with E-state index in [1.54, 1.807) is 35.2 Å². The Hall–Kier alpha value is -3.15. The number of hydrogen-bond acceptors (Lipinski definition) is 4. The zero-order valence-electron chi connectivity index (χ0n) is 15.2. The number of carbonyl (C=O) groups is 2. The summed E-state index contributed by atoms with van der Waals surface area (Å²) in [5.41, 5.74) is 1.83. The molecule has 2 N–H and O–H groups in total. The highest BCUT2D eigenvalue weighted by Crippen LogP contribution is 2.17. The van der Waals surface area contributed by atoms with E-state index in [1.165, 1.54) is 25.1 Å².